The van der Waals surface area contributed by atoms with Crippen LogP contribution in [0.5, 0.6) is 0 Å². The standard InChI is InChI=1S/C43H40N3OP/c47-48(44-41(36-19-5-2-6-20-36)30-29-33-15-3-1-4-16-33)45(31-37-23-13-21-34-17-7-9-25-39(34)37)42-27-11-12-28-43(42)46(48)32-38-24-14-22-35-18-8-10-26-40(35)38/h1-10,13-26,41-43H,11-12,27-28,31-32H2,(H,44,47)/t41-,42-,43-/m1/s1. The van der Waals surface area contributed by atoms with E-state index in [1.165, 1.54) is 32.7 Å². The summed E-state index contributed by atoms with van der Waals surface area (Å²) in [4.78, 5) is 0. The SMILES string of the molecule is O=P1(N[C@H](C#Cc2ccccc2)c2ccccc2)N(Cc2cccc3ccccc23)[C@@H]2CCCC[C@H]2N1Cc1cccc2ccccc12. The molecule has 1 saturated carbocycles. The topological polar surface area (TPSA) is 35.6 Å². The maximum absolute atomic E-state index is 16.4. The maximum atomic E-state index is 16.4. The monoisotopic (exact) mass is 645 g/mol. The van der Waals surface area contributed by atoms with Gasteiger partial charge < -0.3 is 0 Å². The molecule has 2 aliphatic rings. The van der Waals surface area contributed by atoms with Gasteiger partial charge in [-0.25, -0.2) is 14.4 Å². The summed E-state index contributed by atoms with van der Waals surface area (Å²) in [6.07, 6.45) is 4.34. The summed E-state index contributed by atoms with van der Waals surface area (Å²) in [6.45, 7) is 1.21. The maximum Gasteiger partial charge on any atom is 0.286 e. The Balaban J connectivity index is 1.27. The van der Waals surface area contributed by atoms with Crippen molar-refractivity contribution in [2.24, 2.45) is 0 Å². The molecule has 3 atom stereocenters. The third kappa shape index (κ3) is 6.00. The number of hydrogen-bond acceptors (Lipinski definition) is 1. The summed E-state index contributed by atoms with van der Waals surface area (Å²) < 4.78 is 21.1. The fourth-order valence-corrected chi connectivity index (χ4v) is 11.0. The minimum atomic E-state index is -3.41. The van der Waals surface area contributed by atoms with Gasteiger partial charge in [-0.05, 0) is 63.2 Å². The van der Waals surface area contributed by atoms with Crippen LogP contribution in [0.15, 0.2) is 146 Å². The first-order valence-corrected chi connectivity index (χ1v) is 18.8. The first kappa shape index (κ1) is 30.8. The fraction of sp³-hybridized carbons (Fsp3) is 0.209. The van der Waals surface area contributed by atoms with Crippen LogP contribution in [0.25, 0.3) is 21.5 Å². The second kappa shape index (κ2) is 13.6. The lowest BCUT2D eigenvalue weighted by molar-refractivity contribution is 0.198. The van der Waals surface area contributed by atoms with E-state index in [4.69, 9.17) is 0 Å². The highest BCUT2D eigenvalue weighted by Crippen LogP contribution is 2.63. The van der Waals surface area contributed by atoms with Gasteiger partial charge in [0.05, 0.1) is 0 Å². The molecule has 238 valence electrons. The average Bonchev–Trinajstić information content (AvgIpc) is 3.37. The molecule has 1 aliphatic carbocycles. The molecular formula is C43H40N3OP. The van der Waals surface area contributed by atoms with Crippen LogP contribution >= 0.6 is 7.59 Å². The van der Waals surface area contributed by atoms with Gasteiger partial charge in [-0.3, -0.25) is 4.57 Å². The second-order valence-electron chi connectivity index (χ2n) is 13.0. The van der Waals surface area contributed by atoms with E-state index in [2.05, 4.69) is 123 Å². The van der Waals surface area contributed by atoms with Crippen molar-refractivity contribution in [2.45, 2.75) is 56.9 Å². The number of nitrogens with one attached hydrogen (secondary N) is 1. The molecule has 0 aromatic heterocycles. The summed E-state index contributed by atoms with van der Waals surface area (Å²) in [7, 11) is -3.41. The van der Waals surface area contributed by atoms with Crippen molar-refractivity contribution in [3.05, 3.63) is 168 Å². The Morgan fingerprint density at radius 1 is 0.604 bits per heavy atom. The van der Waals surface area contributed by atoms with Crippen LogP contribution in [0, 0.1) is 11.8 Å². The van der Waals surface area contributed by atoms with Gasteiger partial charge in [0.25, 0.3) is 7.59 Å². The molecule has 48 heavy (non-hydrogen) atoms. The molecule has 5 heteroatoms. The van der Waals surface area contributed by atoms with E-state index < -0.39 is 13.6 Å². The van der Waals surface area contributed by atoms with Crippen molar-refractivity contribution >= 4 is 29.1 Å². The fourth-order valence-electron chi connectivity index (χ4n) is 7.80. The molecule has 2 fully saturated rings. The second-order valence-corrected chi connectivity index (χ2v) is 15.4. The highest BCUT2D eigenvalue weighted by atomic mass is 31.2. The summed E-state index contributed by atoms with van der Waals surface area (Å²) in [5.41, 5.74) is 4.37. The number of benzene rings is 6. The predicted molar refractivity (Wildman–Crippen MR) is 198 cm³/mol. The van der Waals surface area contributed by atoms with Crippen molar-refractivity contribution < 1.29 is 4.57 Å². The average molecular weight is 646 g/mol. The van der Waals surface area contributed by atoms with Gasteiger partial charge in [-0.1, -0.05) is 158 Å². The number of rotatable bonds is 7. The van der Waals surface area contributed by atoms with Gasteiger partial charge in [0.1, 0.15) is 6.04 Å². The molecular weight excluding hydrogens is 605 g/mol. The Morgan fingerprint density at radius 3 is 1.65 bits per heavy atom. The van der Waals surface area contributed by atoms with Crippen LogP contribution in [0.2, 0.25) is 0 Å². The number of hydrogen-bond donors (Lipinski definition) is 1. The van der Waals surface area contributed by atoms with E-state index in [1.54, 1.807) is 0 Å². The largest absolute Gasteiger partial charge is 0.286 e. The molecule has 1 saturated heterocycles. The Bertz CT molecular complexity index is 2040. The van der Waals surface area contributed by atoms with Crippen LogP contribution in [-0.2, 0) is 17.7 Å². The van der Waals surface area contributed by atoms with Gasteiger partial charge in [0.15, 0.2) is 0 Å². The van der Waals surface area contributed by atoms with Crippen molar-refractivity contribution in [3.63, 3.8) is 0 Å². The molecule has 0 unspecified atom stereocenters. The minimum Gasteiger partial charge on any atom is -0.270 e. The predicted octanol–water partition coefficient (Wildman–Crippen LogP) is 10.1. The zero-order valence-electron chi connectivity index (χ0n) is 27.1. The van der Waals surface area contributed by atoms with E-state index in [9.17, 15) is 0 Å². The Labute approximate surface area is 283 Å². The third-order valence-electron chi connectivity index (χ3n) is 10.1. The molecule has 0 spiro atoms. The lowest BCUT2D eigenvalue weighted by atomic mass is 9.89. The lowest BCUT2D eigenvalue weighted by Gasteiger charge is -2.34. The van der Waals surface area contributed by atoms with Gasteiger partial charge in [-0.2, -0.15) is 0 Å². The first-order valence-electron chi connectivity index (χ1n) is 17.1. The minimum absolute atomic E-state index is 0.171. The summed E-state index contributed by atoms with van der Waals surface area (Å²) in [5, 5.41) is 8.66. The number of fused-ring (bicyclic) bond motifs is 3. The molecule has 0 bridgehead atoms. The molecule has 4 nitrogen and oxygen atoms in total. The zero-order chi connectivity index (χ0) is 32.3. The molecule has 0 amide bonds. The molecule has 8 rings (SSSR count). The summed E-state index contributed by atoms with van der Waals surface area (Å²) in [6, 6.07) is 50.4. The van der Waals surface area contributed by atoms with Gasteiger partial charge in [-0.15, -0.1) is 0 Å². The highest BCUT2D eigenvalue weighted by Gasteiger charge is 2.55. The van der Waals surface area contributed by atoms with E-state index in [-0.39, 0.29) is 12.1 Å². The highest BCUT2D eigenvalue weighted by molar-refractivity contribution is 7.57. The first-order chi connectivity index (χ1) is 23.7. The van der Waals surface area contributed by atoms with Crippen LogP contribution < -0.4 is 5.09 Å². The van der Waals surface area contributed by atoms with E-state index in [0.717, 1.165) is 36.8 Å². The molecule has 1 aliphatic heterocycles. The van der Waals surface area contributed by atoms with Crippen LogP contribution in [-0.4, -0.2) is 21.4 Å². The van der Waals surface area contributed by atoms with Crippen molar-refractivity contribution in [3.8, 4) is 11.8 Å². The molecule has 1 N–H and O–H groups in total. The van der Waals surface area contributed by atoms with Crippen molar-refractivity contribution in [2.75, 3.05) is 0 Å². The lowest BCUT2D eigenvalue weighted by Crippen LogP contribution is -2.39. The van der Waals surface area contributed by atoms with Crippen molar-refractivity contribution in [1.82, 2.24) is 14.4 Å². The van der Waals surface area contributed by atoms with Gasteiger partial charge in [0.2, 0.25) is 0 Å². The van der Waals surface area contributed by atoms with Crippen LogP contribution in [0.4, 0.5) is 0 Å². The van der Waals surface area contributed by atoms with Gasteiger partial charge >= 0.3 is 0 Å². The smallest absolute Gasteiger partial charge is 0.270 e. The Kier molecular flexibility index (Phi) is 8.70. The normalized spacial score (nSPS) is 19.8. The molecule has 1 heterocycles. The Hall–Kier alpha value is -4.49. The zero-order valence-corrected chi connectivity index (χ0v) is 28.0. The van der Waals surface area contributed by atoms with E-state index in [1.807, 2.05) is 48.5 Å². The molecule has 0 radical (unpaired) electrons. The summed E-state index contributed by atoms with van der Waals surface area (Å²) in [5.74, 6) is 6.93. The molecule has 6 aromatic rings. The van der Waals surface area contributed by atoms with Crippen LogP contribution in [0.1, 0.15) is 54.0 Å². The quantitative estimate of drug-likeness (QED) is 0.138. The third-order valence-corrected chi connectivity index (χ3v) is 13.0. The molecule has 6 aromatic carbocycles. The van der Waals surface area contributed by atoms with Crippen molar-refractivity contribution in [1.29, 1.82) is 0 Å². The Morgan fingerprint density at radius 2 is 1.08 bits per heavy atom. The van der Waals surface area contributed by atoms with E-state index in [0.29, 0.717) is 13.1 Å². The van der Waals surface area contributed by atoms with Crippen LogP contribution in [0.3, 0.4) is 0 Å². The van der Waals surface area contributed by atoms with Gasteiger partial charge in [0, 0.05) is 30.7 Å². The summed E-state index contributed by atoms with van der Waals surface area (Å²) >= 11 is 0. The van der Waals surface area contributed by atoms with E-state index >= 15 is 4.57 Å². The number of nitrogens with zero attached hydrogens (tertiary/aromatic N) is 2.